The van der Waals surface area contributed by atoms with Crippen molar-refractivity contribution >= 4 is 33.0 Å². The van der Waals surface area contributed by atoms with Gasteiger partial charge in [0.05, 0.1) is 18.2 Å². The highest BCUT2D eigenvalue weighted by molar-refractivity contribution is 7.90. The van der Waals surface area contributed by atoms with Crippen LogP contribution in [0.15, 0.2) is 59.6 Å². The van der Waals surface area contributed by atoms with Crippen LogP contribution >= 0.6 is 0 Å². The maximum atomic E-state index is 11.7. The molecule has 190 valence electrons. The largest absolute Gasteiger partial charge is 0.497 e. The molecule has 1 atom stereocenters. The molecule has 10 nitrogen and oxygen atoms in total. The minimum atomic E-state index is -3.29. The van der Waals surface area contributed by atoms with Crippen LogP contribution in [0, 0.1) is 5.41 Å². The highest BCUT2D eigenvalue weighted by Crippen LogP contribution is 2.24. The van der Waals surface area contributed by atoms with Gasteiger partial charge in [0, 0.05) is 37.6 Å². The Balaban J connectivity index is 1.47. The average molecular weight is 510 g/mol. The third-order valence-corrected chi connectivity index (χ3v) is 7.19. The quantitative estimate of drug-likeness (QED) is 0.252. The molecule has 0 spiro atoms. The number of nitrogens with zero attached hydrogens (tertiary/aromatic N) is 3. The van der Waals surface area contributed by atoms with Crippen molar-refractivity contribution in [2.24, 2.45) is 5.73 Å². The molecular formula is C25H31N7O3S. The molecule has 11 heteroatoms. The van der Waals surface area contributed by atoms with Gasteiger partial charge in [0.1, 0.15) is 23.1 Å². The number of hydrogen-bond acceptors (Lipinski definition) is 9. The minimum absolute atomic E-state index is 0.206. The van der Waals surface area contributed by atoms with Crippen molar-refractivity contribution in [1.82, 2.24) is 15.3 Å². The molecule has 0 bridgehead atoms. The first-order chi connectivity index (χ1) is 17.2. The van der Waals surface area contributed by atoms with Gasteiger partial charge in [-0.3, -0.25) is 5.41 Å². The van der Waals surface area contributed by atoms with Crippen molar-refractivity contribution < 1.29 is 13.2 Å². The molecule has 1 aromatic heterocycles. The van der Waals surface area contributed by atoms with Gasteiger partial charge in [0.15, 0.2) is 15.7 Å². The number of nitrogens with one attached hydrogen (secondary N) is 3. The Morgan fingerprint density at radius 3 is 2.56 bits per heavy atom. The van der Waals surface area contributed by atoms with E-state index in [1.165, 1.54) is 17.7 Å². The SMILES string of the molecule is COc1ccc(CN[C@@H]2CCCN(c3cnc(C(=N)N)c(Nc4ccc(S(C)(=O)=O)cc4)n3)C2)cc1. The summed E-state index contributed by atoms with van der Waals surface area (Å²) in [4.78, 5) is 11.5. The zero-order chi connectivity index (χ0) is 25.7. The molecule has 1 aliphatic rings. The maximum Gasteiger partial charge on any atom is 0.175 e. The van der Waals surface area contributed by atoms with E-state index in [4.69, 9.17) is 20.9 Å². The van der Waals surface area contributed by atoms with Crippen molar-refractivity contribution in [2.75, 3.05) is 36.7 Å². The highest BCUT2D eigenvalue weighted by Gasteiger charge is 2.22. The second-order valence-corrected chi connectivity index (χ2v) is 10.8. The molecule has 0 unspecified atom stereocenters. The van der Waals surface area contributed by atoms with E-state index in [1.54, 1.807) is 25.4 Å². The molecule has 5 N–H and O–H groups in total. The van der Waals surface area contributed by atoms with Gasteiger partial charge in [-0.1, -0.05) is 12.1 Å². The number of benzene rings is 2. The lowest BCUT2D eigenvalue weighted by molar-refractivity contribution is 0.412. The highest BCUT2D eigenvalue weighted by atomic mass is 32.2. The van der Waals surface area contributed by atoms with Gasteiger partial charge >= 0.3 is 0 Å². The van der Waals surface area contributed by atoms with Crippen LogP contribution in [0.4, 0.5) is 17.3 Å². The normalized spacial score (nSPS) is 15.9. The fraction of sp³-hybridized carbons (Fsp3) is 0.320. The Kier molecular flexibility index (Phi) is 7.70. The number of amidine groups is 1. The summed E-state index contributed by atoms with van der Waals surface area (Å²) in [6.07, 6.45) is 4.87. The summed E-state index contributed by atoms with van der Waals surface area (Å²) in [5.74, 6) is 1.67. The third kappa shape index (κ3) is 6.29. The van der Waals surface area contributed by atoms with Crippen molar-refractivity contribution in [3.05, 3.63) is 66.0 Å². The van der Waals surface area contributed by atoms with Crippen molar-refractivity contribution in [3.63, 3.8) is 0 Å². The molecule has 1 saturated heterocycles. The van der Waals surface area contributed by atoms with Gasteiger partial charge in [-0.15, -0.1) is 0 Å². The van der Waals surface area contributed by atoms with Crippen molar-refractivity contribution in [2.45, 2.75) is 30.3 Å². The number of ether oxygens (including phenoxy) is 1. The van der Waals surface area contributed by atoms with Crippen LogP contribution in [0.2, 0.25) is 0 Å². The molecule has 0 radical (unpaired) electrons. The first-order valence-corrected chi connectivity index (χ1v) is 13.5. The number of anilines is 3. The van der Waals surface area contributed by atoms with E-state index in [9.17, 15) is 8.42 Å². The Labute approximate surface area is 211 Å². The maximum absolute atomic E-state index is 11.7. The molecule has 1 aliphatic heterocycles. The van der Waals surface area contributed by atoms with E-state index < -0.39 is 9.84 Å². The summed E-state index contributed by atoms with van der Waals surface area (Å²) >= 11 is 0. The molecule has 0 aliphatic carbocycles. The van der Waals surface area contributed by atoms with E-state index in [-0.39, 0.29) is 22.5 Å². The monoisotopic (exact) mass is 509 g/mol. The van der Waals surface area contributed by atoms with Gasteiger partial charge < -0.3 is 26.0 Å². The summed E-state index contributed by atoms with van der Waals surface area (Å²) in [5.41, 5.74) is 7.78. The second-order valence-electron chi connectivity index (χ2n) is 8.77. The van der Waals surface area contributed by atoms with Gasteiger partial charge in [-0.05, 0) is 54.8 Å². The van der Waals surface area contributed by atoms with Crippen molar-refractivity contribution in [1.29, 1.82) is 5.41 Å². The molecule has 3 aromatic rings. The lowest BCUT2D eigenvalue weighted by Crippen LogP contribution is -2.46. The van der Waals surface area contributed by atoms with Gasteiger partial charge in [-0.25, -0.2) is 18.4 Å². The van der Waals surface area contributed by atoms with Crippen LogP contribution in [0.3, 0.4) is 0 Å². The Morgan fingerprint density at radius 2 is 1.92 bits per heavy atom. The number of nitrogen functional groups attached to an aromatic ring is 1. The molecule has 2 heterocycles. The fourth-order valence-corrected chi connectivity index (χ4v) is 4.73. The molecule has 2 aromatic carbocycles. The Morgan fingerprint density at radius 1 is 1.19 bits per heavy atom. The lowest BCUT2D eigenvalue weighted by Gasteiger charge is -2.34. The Bertz CT molecular complexity index is 1310. The number of nitrogens with two attached hydrogens (primary N) is 1. The van der Waals surface area contributed by atoms with Gasteiger partial charge in [0.2, 0.25) is 0 Å². The first kappa shape index (κ1) is 25.4. The minimum Gasteiger partial charge on any atom is -0.497 e. The molecule has 4 rings (SSSR count). The summed E-state index contributed by atoms with van der Waals surface area (Å²) in [5, 5.41) is 14.7. The van der Waals surface area contributed by atoms with E-state index >= 15 is 0 Å². The van der Waals surface area contributed by atoms with E-state index in [0.717, 1.165) is 44.5 Å². The van der Waals surface area contributed by atoms with Crippen LogP contribution in [0.1, 0.15) is 24.1 Å². The lowest BCUT2D eigenvalue weighted by atomic mass is 10.1. The molecule has 0 amide bonds. The predicted octanol–water partition coefficient (Wildman–Crippen LogP) is 2.67. The summed E-state index contributed by atoms with van der Waals surface area (Å²) in [7, 11) is -1.64. The third-order valence-electron chi connectivity index (χ3n) is 6.06. The Hall–Kier alpha value is -3.70. The smallest absolute Gasteiger partial charge is 0.175 e. The molecule has 36 heavy (non-hydrogen) atoms. The molecule has 1 fully saturated rings. The predicted molar refractivity (Wildman–Crippen MR) is 141 cm³/mol. The van der Waals surface area contributed by atoms with Gasteiger partial charge in [0.25, 0.3) is 0 Å². The van der Waals surface area contributed by atoms with Gasteiger partial charge in [-0.2, -0.15) is 0 Å². The number of sulfone groups is 1. The zero-order valence-corrected chi connectivity index (χ0v) is 21.2. The second kappa shape index (κ2) is 10.9. The van der Waals surface area contributed by atoms with Crippen LogP contribution < -0.4 is 26.0 Å². The van der Waals surface area contributed by atoms with Crippen LogP contribution in [-0.4, -0.2) is 56.7 Å². The first-order valence-electron chi connectivity index (χ1n) is 11.6. The molecular weight excluding hydrogens is 478 g/mol. The topological polar surface area (TPSA) is 146 Å². The number of methoxy groups -OCH3 is 1. The number of rotatable bonds is 9. The van der Waals surface area contributed by atoms with Crippen molar-refractivity contribution in [3.8, 4) is 5.75 Å². The fourth-order valence-electron chi connectivity index (χ4n) is 4.10. The van der Waals surface area contributed by atoms with Crippen LogP contribution in [0.5, 0.6) is 5.75 Å². The number of aromatic nitrogens is 2. The zero-order valence-electron chi connectivity index (χ0n) is 20.4. The summed E-state index contributed by atoms with van der Waals surface area (Å²) < 4.78 is 28.7. The number of piperidine rings is 1. The number of hydrogen-bond donors (Lipinski definition) is 4. The summed E-state index contributed by atoms with van der Waals surface area (Å²) in [6.45, 7) is 2.37. The van der Waals surface area contributed by atoms with Crippen LogP contribution in [0.25, 0.3) is 0 Å². The molecule has 0 saturated carbocycles. The van der Waals surface area contributed by atoms with E-state index in [1.807, 2.05) is 12.1 Å². The standard InChI is InChI=1S/C25H31N7O3S/c1-35-20-9-5-17(6-10-20)14-28-19-4-3-13-32(16-19)22-15-29-23(24(26)27)25(31-22)30-18-7-11-21(12-8-18)36(2,33)34/h5-12,15,19,28H,3-4,13-14,16H2,1-2H3,(H3,26,27)(H,30,31)/t19-/m1/s1. The summed E-state index contributed by atoms with van der Waals surface area (Å²) in [6, 6.07) is 14.6. The van der Waals surface area contributed by atoms with E-state index in [0.29, 0.717) is 17.3 Å². The average Bonchev–Trinajstić information content (AvgIpc) is 2.87. The van der Waals surface area contributed by atoms with Crippen LogP contribution in [-0.2, 0) is 16.4 Å². The van der Waals surface area contributed by atoms with E-state index in [2.05, 4.69) is 32.7 Å².